The molecule has 0 rings (SSSR count). The molecule has 104 valence electrons. The van der Waals surface area contributed by atoms with E-state index in [1.54, 1.807) is 0 Å². The standard InChI is InChI=1S/C12H27O3PS/c1-3-5-7-8-9-10-12-17-16(13,14)15-11-6-4-2/h3-12H2,1-2H3,(H,13,14). The molecule has 5 heteroatoms. The lowest BCUT2D eigenvalue weighted by molar-refractivity contribution is 0.271. The summed E-state index contributed by atoms with van der Waals surface area (Å²) in [4.78, 5) is 9.48. The molecular formula is C12H27O3PS. The second-order valence-electron chi connectivity index (χ2n) is 4.26. The molecular weight excluding hydrogens is 255 g/mol. The van der Waals surface area contributed by atoms with Crippen LogP contribution in [-0.4, -0.2) is 17.3 Å². The van der Waals surface area contributed by atoms with Gasteiger partial charge in [-0.2, -0.15) is 0 Å². The Kier molecular flexibility index (Phi) is 11.9. The Labute approximate surface area is 110 Å². The molecule has 0 saturated carbocycles. The maximum Gasteiger partial charge on any atom is 0.386 e. The van der Waals surface area contributed by atoms with Crippen LogP contribution in [-0.2, 0) is 9.09 Å². The van der Waals surface area contributed by atoms with Gasteiger partial charge < -0.3 is 9.42 Å². The molecule has 0 aliphatic rings. The highest BCUT2D eigenvalue weighted by Gasteiger charge is 2.18. The van der Waals surface area contributed by atoms with Crippen molar-refractivity contribution in [1.82, 2.24) is 0 Å². The van der Waals surface area contributed by atoms with Crippen molar-refractivity contribution in [1.29, 1.82) is 0 Å². The minimum Gasteiger partial charge on any atom is -0.316 e. The number of unbranched alkanes of at least 4 members (excludes halogenated alkanes) is 6. The highest BCUT2D eigenvalue weighted by molar-refractivity contribution is 8.54. The summed E-state index contributed by atoms with van der Waals surface area (Å²) in [6.07, 6.45) is 9.08. The normalized spacial score (nSPS) is 14.8. The average Bonchev–Trinajstić information content (AvgIpc) is 2.28. The van der Waals surface area contributed by atoms with Gasteiger partial charge in [0.2, 0.25) is 0 Å². The van der Waals surface area contributed by atoms with Crippen LogP contribution in [0.5, 0.6) is 0 Å². The lowest BCUT2D eigenvalue weighted by Crippen LogP contribution is -1.91. The molecule has 0 aromatic rings. The first-order valence-electron chi connectivity index (χ1n) is 6.74. The van der Waals surface area contributed by atoms with E-state index in [1.807, 2.05) is 6.92 Å². The zero-order chi connectivity index (χ0) is 13.0. The van der Waals surface area contributed by atoms with Crippen LogP contribution in [0.25, 0.3) is 0 Å². The van der Waals surface area contributed by atoms with Crippen molar-refractivity contribution in [3.05, 3.63) is 0 Å². The monoisotopic (exact) mass is 282 g/mol. The molecule has 0 aromatic heterocycles. The first kappa shape index (κ1) is 17.5. The molecule has 0 aliphatic heterocycles. The van der Waals surface area contributed by atoms with Crippen LogP contribution < -0.4 is 0 Å². The van der Waals surface area contributed by atoms with Gasteiger partial charge in [0, 0.05) is 5.75 Å². The fraction of sp³-hybridized carbons (Fsp3) is 1.00. The van der Waals surface area contributed by atoms with Crippen molar-refractivity contribution < 1.29 is 14.0 Å². The van der Waals surface area contributed by atoms with Gasteiger partial charge in [-0.1, -0.05) is 52.4 Å². The van der Waals surface area contributed by atoms with Gasteiger partial charge in [-0.05, 0) is 24.2 Å². The molecule has 1 unspecified atom stereocenters. The van der Waals surface area contributed by atoms with E-state index in [0.29, 0.717) is 6.61 Å². The second kappa shape index (κ2) is 11.6. The Morgan fingerprint density at radius 3 is 2.24 bits per heavy atom. The molecule has 1 N–H and O–H groups in total. The zero-order valence-corrected chi connectivity index (χ0v) is 12.9. The number of hydrogen-bond donors (Lipinski definition) is 1. The summed E-state index contributed by atoms with van der Waals surface area (Å²) >= 11 is 1.08. The minimum atomic E-state index is -3.37. The fourth-order valence-electron chi connectivity index (χ4n) is 1.42. The highest BCUT2D eigenvalue weighted by Crippen LogP contribution is 2.55. The summed E-state index contributed by atoms with van der Waals surface area (Å²) in [6, 6.07) is 0. The molecule has 0 saturated heterocycles. The predicted molar refractivity (Wildman–Crippen MR) is 76.5 cm³/mol. The van der Waals surface area contributed by atoms with E-state index < -0.39 is 6.80 Å². The molecule has 0 spiro atoms. The average molecular weight is 282 g/mol. The van der Waals surface area contributed by atoms with E-state index in [2.05, 4.69) is 6.92 Å². The Morgan fingerprint density at radius 2 is 1.59 bits per heavy atom. The molecule has 0 fully saturated rings. The Hall–Kier alpha value is 0.500. The molecule has 0 radical (unpaired) electrons. The van der Waals surface area contributed by atoms with E-state index in [0.717, 1.165) is 42.8 Å². The van der Waals surface area contributed by atoms with Crippen molar-refractivity contribution in [3.8, 4) is 0 Å². The Morgan fingerprint density at radius 1 is 1.00 bits per heavy atom. The van der Waals surface area contributed by atoms with Gasteiger partial charge in [0.05, 0.1) is 6.61 Å². The first-order valence-corrected chi connectivity index (χ1v) is 9.91. The molecule has 1 atom stereocenters. The fourth-order valence-corrected chi connectivity index (χ4v) is 3.95. The summed E-state index contributed by atoms with van der Waals surface area (Å²) < 4.78 is 16.5. The van der Waals surface area contributed by atoms with Crippen LogP contribution in [0.3, 0.4) is 0 Å². The molecule has 0 heterocycles. The van der Waals surface area contributed by atoms with Crippen LogP contribution >= 0.6 is 18.2 Å². The summed E-state index contributed by atoms with van der Waals surface area (Å²) in [5.41, 5.74) is 0. The van der Waals surface area contributed by atoms with Crippen LogP contribution in [0.4, 0.5) is 0 Å². The molecule has 17 heavy (non-hydrogen) atoms. The maximum atomic E-state index is 11.5. The minimum absolute atomic E-state index is 0.397. The van der Waals surface area contributed by atoms with Crippen molar-refractivity contribution in [2.75, 3.05) is 12.4 Å². The van der Waals surface area contributed by atoms with E-state index in [-0.39, 0.29) is 0 Å². The van der Waals surface area contributed by atoms with Gasteiger partial charge in [0.25, 0.3) is 0 Å². The number of hydrogen-bond acceptors (Lipinski definition) is 3. The number of rotatable bonds is 12. The highest BCUT2D eigenvalue weighted by atomic mass is 32.7. The molecule has 0 aliphatic carbocycles. The molecule has 3 nitrogen and oxygen atoms in total. The summed E-state index contributed by atoms with van der Waals surface area (Å²) in [5.74, 6) is 0.728. The SMILES string of the molecule is CCCCCCCCSP(=O)(O)OCCCC. The van der Waals surface area contributed by atoms with E-state index in [9.17, 15) is 9.46 Å². The largest absolute Gasteiger partial charge is 0.386 e. The summed E-state index contributed by atoms with van der Waals surface area (Å²) in [7, 11) is 0. The van der Waals surface area contributed by atoms with Gasteiger partial charge in [-0.3, -0.25) is 0 Å². The molecule has 0 aromatic carbocycles. The van der Waals surface area contributed by atoms with Gasteiger partial charge in [0.15, 0.2) is 0 Å². The lowest BCUT2D eigenvalue weighted by Gasteiger charge is -2.10. The van der Waals surface area contributed by atoms with Gasteiger partial charge in [-0.15, -0.1) is 0 Å². The first-order chi connectivity index (χ1) is 8.12. The topological polar surface area (TPSA) is 46.5 Å². The smallest absolute Gasteiger partial charge is 0.316 e. The van der Waals surface area contributed by atoms with Crippen LogP contribution in [0, 0.1) is 0 Å². The van der Waals surface area contributed by atoms with Crippen LogP contribution in [0.2, 0.25) is 0 Å². The van der Waals surface area contributed by atoms with E-state index >= 15 is 0 Å². The van der Waals surface area contributed by atoms with E-state index in [4.69, 9.17) is 4.52 Å². The van der Waals surface area contributed by atoms with E-state index in [1.165, 1.54) is 25.7 Å². The van der Waals surface area contributed by atoms with Crippen molar-refractivity contribution in [2.45, 2.75) is 65.2 Å². The van der Waals surface area contributed by atoms with Crippen molar-refractivity contribution >= 4 is 18.2 Å². The Bertz CT molecular complexity index is 212. The van der Waals surface area contributed by atoms with Crippen molar-refractivity contribution in [3.63, 3.8) is 0 Å². The Balaban J connectivity index is 3.36. The third-order valence-electron chi connectivity index (χ3n) is 2.50. The maximum absolute atomic E-state index is 11.5. The second-order valence-corrected chi connectivity index (χ2v) is 8.28. The van der Waals surface area contributed by atoms with Gasteiger partial charge in [0.1, 0.15) is 0 Å². The summed E-state index contributed by atoms with van der Waals surface area (Å²) in [5, 5.41) is 0. The van der Waals surface area contributed by atoms with Crippen LogP contribution in [0.1, 0.15) is 65.2 Å². The molecule has 0 bridgehead atoms. The third kappa shape index (κ3) is 12.7. The van der Waals surface area contributed by atoms with Crippen LogP contribution in [0.15, 0.2) is 0 Å². The third-order valence-corrected chi connectivity index (χ3v) is 5.65. The van der Waals surface area contributed by atoms with Gasteiger partial charge in [-0.25, -0.2) is 4.57 Å². The quantitative estimate of drug-likeness (QED) is 0.404. The zero-order valence-electron chi connectivity index (χ0n) is 11.2. The molecule has 0 amide bonds. The van der Waals surface area contributed by atoms with Crippen molar-refractivity contribution in [2.24, 2.45) is 0 Å². The summed E-state index contributed by atoms with van der Waals surface area (Å²) in [6.45, 7) is 1.27. The van der Waals surface area contributed by atoms with Gasteiger partial charge >= 0.3 is 6.80 Å². The lowest BCUT2D eigenvalue weighted by atomic mass is 10.1. The predicted octanol–water partition coefficient (Wildman–Crippen LogP) is 5.00.